The molecule has 3 heterocycles. The van der Waals surface area contributed by atoms with Crippen LogP contribution in [-0.4, -0.2) is 16.2 Å². The first-order chi connectivity index (χ1) is 27.7. The van der Waals surface area contributed by atoms with E-state index in [4.69, 9.17) is 14.4 Å². The van der Waals surface area contributed by atoms with Gasteiger partial charge in [-0.2, -0.15) is 0 Å². The second-order valence-corrected chi connectivity index (χ2v) is 14.3. The number of furan rings is 1. The molecule has 0 bridgehead atoms. The minimum Gasteiger partial charge on any atom is -0.456 e. The van der Waals surface area contributed by atoms with Gasteiger partial charge < -0.3 is 14.3 Å². The van der Waals surface area contributed by atoms with Crippen molar-refractivity contribution in [1.29, 1.82) is 0 Å². The molecule has 5 nitrogen and oxygen atoms in total. The van der Waals surface area contributed by atoms with Gasteiger partial charge in [-0.15, -0.1) is 0 Å². The summed E-state index contributed by atoms with van der Waals surface area (Å²) in [6, 6.07) is 68.2. The lowest BCUT2D eigenvalue weighted by molar-refractivity contribution is 0.666. The molecule has 10 aromatic rings. The summed E-state index contributed by atoms with van der Waals surface area (Å²) in [5.41, 5.74) is 12.8. The van der Waals surface area contributed by atoms with Gasteiger partial charge in [0.1, 0.15) is 23.2 Å². The van der Waals surface area contributed by atoms with Crippen LogP contribution in [0.25, 0.3) is 71.7 Å². The predicted molar refractivity (Wildman–Crippen MR) is 231 cm³/mol. The van der Waals surface area contributed by atoms with E-state index >= 15 is 0 Å². The average molecular weight is 719 g/mol. The van der Waals surface area contributed by atoms with E-state index in [2.05, 4.69) is 155 Å². The first kappa shape index (κ1) is 32.0. The molecule has 0 fully saturated rings. The quantitative estimate of drug-likeness (QED) is 0.186. The number of amidine groups is 2. The normalized spacial score (nSPS) is 14.2. The third-order valence-electron chi connectivity index (χ3n) is 10.9. The summed E-state index contributed by atoms with van der Waals surface area (Å²) in [6.45, 7) is 0. The number of aromatic nitrogens is 1. The van der Waals surface area contributed by atoms with E-state index in [9.17, 15) is 0 Å². The maximum atomic E-state index is 6.58. The molecule has 5 heteroatoms. The lowest BCUT2D eigenvalue weighted by Gasteiger charge is -2.23. The molecular formula is C51H34N4O. The predicted octanol–water partition coefficient (Wildman–Crippen LogP) is 12.5. The molecule has 0 radical (unpaired) electrons. The molecule has 11 rings (SSSR count). The molecule has 264 valence electrons. The number of nitrogens with one attached hydrogen (secondary N) is 1. The largest absolute Gasteiger partial charge is 0.456 e. The Morgan fingerprint density at radius 1 is 0.429 bits per heavy atom. The third kappa shape index (κ3) is 5.48. The molecule has 8 aromatic carbocycles. The third-order valence-corrected chi connectivity index (χ3v) is 10.9. The second-order valence-electron chi connectivity index (χ2n) is 14.3. The van der Waals surface area contributed by atoms with Crippen molar-refractivity contribution in [2.24, 2.45) is 9.98 Å². The number of fused-ring (bicyclic) bond motifs is 6. The Kier molecular flexibility index (Phi) is 7.49. The van der Waals surface area contributed by atoms with Crippen molar-refractivity contribution in [3.8, 4) is 27.9 Å². The number of benzene rings is 8. The Labute approximate surface area is 323 Å². The molecule has 0 saturated carbocycles. The topological polar surface area (TPSA) is 54.8 Å². The first-order valence-electron chi connectivity index (χ1n) is 18.9. The van der Waals surface area contributed by atoms with Crippen LogP contribution in [0, 0.1) is 0 Å². The van der Waals surface area contributed by atoms with E-state index in [0.29, 0.717) is 5.84 Å². The van der Waals surface area contributed by atoms with Gasteiger partial charge in [0.25, 0.3) is 0 Å². The van der Waals surface area contributed by atoms with Crippen LogP contribution >= 0.6 is 0 Å². The number of nitrogens with zero attached hydrogens (tertiary/aromatic N) is 3. The molecule has 1 N–H and O–H groups in total. The molecule has 56 heavy (non-hydrogen) atoms. The highest BCUT2D eigenvalue weighted by Crippen LogP contribution is 2.37. The smallest absolute Gasteiger partial charge is 0.159 e. The summed E-state index contributed by atoms with van der Waals surface area (Å²) >= 11 is 0. The fourth-order valence-corrected chi connectivity index (χ4v) is 8.08. The van der Waals surface area contributed by atoms with E-state index in [0.717, 1.165) is 61.3 Å². The highest BCUT2D eigenvalue weighted by atomic mass is 16.3. The fraction of sp³-hybridized carbons (Fsp3) is 0.0196. The second kappa shape index (κ2) is 13.1. The Morgan fingerprint density at radius 2 is 0.964 bits per heavy atom. The van der Waals surface area contributed by atoms with Gasteiger partial charge in [0.2, 0.25) is 0 Å². The lowest BCUT2D eigenvalue weighted by Crippen LogP contribution is -2.33. The van der Waals surface area contributed by atoms with Gasteiger partial charge in [-0.1, -0.05) is 146 Å². The molecule has 1 aliphatic heterocycles. The van der Waals surface area contributed by atoms with Gasteiger partial charge in [0.05, 0.1) is 11.0 Å². The zero-order valence-corrected chi connectivity index (χ0v) is 30.3. The lowest BCUT2D eigenvalue weighted by atomic mass is 10.0. The van der Waals surface area contributed by atoms with Gasteiger partial charge >= 0.3 is 0 Å². The van der Waals surface area contributed by atoms with Crippen LogP contribution in [0.1, 0.15) is 22.9 Å². The summed E-state index contributed by atoms with van der Waals surface area (Å²) in [5, 5.41) is 8.22. The van der Waals surface area contributed by atoms with Gasteiger partial charge in [-0.05, 0) is 76.3 Å². The average Bonchev–Trinajstić information content (AvgIpc) is 3.81. The Hall–Kier alpha value is -7.50. The van der Waals surface area contributed by atoms with Crippen molar-refractivity contribution in [1.82, 2.24) is 9.88 Å². The van der Waals surface area contributed by atoms with Crippen LogP contribution in [0.5, 0.6) is 0 Å². The highest BCUT2D eigenvalue weighted by Gasteiger charge is 2.22. The minimum atomic E-state index is -0.263. The summed E-state index contributed by atoms with van der Waals surface area (Å²) in [4.78, 5) is 9.99. The highest BCUT2D eigenvalue weighted by molar-refractivity contribution is 6.15. The molecule has 1 atom stereocenters. The Balaban J connectivity index is 0.939. The number of hydrogen-bond donors (Lipinski definition) is 1. The number of rotatable bonds is 6. The number of aliphatic imine (C=N–C) groups is 2. The number of hydrogen-bond acceptors (Lipinski definition) is 4. The standard InChI is InChI=1S/C51H34N4O/c1-4-12-33(13-5-1)37-22-27-42-41-18-10-11-19-45(41)55(46(42)30-37)40-25-20-34(21-26-40)38-23-28-43-44-29-24-39(32-48(44)56-47(43)31-38)51-53-49(35-14-6-2-7-15-35)52-50(54-51)36-16-8-3-9-17-36/h1-32,49H,(H,52,53,54). The molecule has 0 spiro atoms. The Morgan fingerprint density at radius 3 is 1.70 bits per heavy atom. The molecule has 2 aromatic heterocycles. The monoisotopic (exact) mass is 718 g/mol. The van der Waals surface area contributed by atoms with Gasteiger partial charge in [-0.25, -0.2) is 9.98 Å². The van der Waals surface area contributed by atoms with Gasteiger partial charge in [-0.3, -0.25) is 0 Å². The van der Waals surface area contributed by atoms with Crippen LogP contribution < -0.4 is 5.32 Å². The fourth-order valence-electron chi connectivity index (χ4n) is 8.08. The molecule has 0 saturated heterocycles. The van der Waals surface area contributed by atoms with Gasteiger partial charge in [0, 0.05) is 38.4 Å². The number of para-hydroxylation sites is 1. The molecule has 1 unspecified atom stereocenters. The van der Waals surface area contributed by atoms with Crippen molar-refractivity contribution in [2.75, 3.05) is 0 Å². The summed E-state index contributed by atoms with van der Waals surface area (Å²) < 4.78 is 8.96. The van der Waals surface area contributed by atoms with E-state index in [1.165, 1.54) is 32.9 Å². The van der Waals surface area contributed by atoms with Crippen molar-refractivity contribution < 1.29 is 4.42 Å². The molecule has 0 aliphatic carbocycles. The molecule has 1 aliphatic rings. The van der Waals surface area contributed by atoms with Crippen LogP contribution in [-0.2, 0) is 0 Å². The van der Waals surface area contributed by atoms with Crippen molar-refractivity contribution in [2.45, 2.75) is 6.17 Å². The molecule has 0 amide bonds. The van der Waals surface area contributed by atoms with Crippen molar-refractivity contribution in [3.05, 3.63) is 211 Å². The summed E-state index contributed by atoms with van der Waals surface area (Å²) in [5.74, 6) is 1.46. The zero-order chi connectivity index (χ0) is 37.0. The van der Waals surface area contributed by atoms with Crippen molar-refractivity contribution >= 4 is 55.4 Å². The van der Waals surface area contributed by atoms with Crippen molar-refractivity contribution in [3.63, 3.8) is 0 Å². The minimum absolute atomic E-state index is 0.263. The van der Waals surface area contributed by atoms with E-state index in [1.54, 1.807) is 0 Å². The van der Waals surface area contributed by atoms with Crippen LogP contribution in [0.3, 0.4) is 0 Å². The van der Waals surface area contributed by atoms with Gasteiger partial charge in [0.15, 0.2) is 5.84 Å². The Bertz CT molecular complexity index is 3140. The summed E-state index contributed by atoms with van der Waals surface area (Å²) in [6.07, 6.45) is -0.263. The zero-order valence-electron chi connectivity index (χ0n) is 30.3. The van der Waals surface area contributed by atoms with Crippen LogP contribution in [0.15, 0.2) is 209 Å². The maximum Gasteiger partial charge on any atom is 0.159 e. The first-order valence-corrected chi connectivity index (χ1v) is 18.9. The van der Waals surface area contributed by atoms with E-state index < -0.39 is 0 Å². The SMILES string of the molecule is c1ccc(C2=NC(c3ccccc3)NC(c3ccc4c(c3)oc3cc(-c5ccc(-n6c7ccccc7c7ccc(-c8ccccc8)cc76)cc5)ccc34)=N2)cc1. The maximum absolute atomic E-state index is 6.58. The van der Waals surface area contributed by atoms with E-state index in [1.807, 2.05) is 48.5 Å². The van der Waals surface area contributed by atoms with Crippen LogP contribution in [0.4, 0.5) is 0 Å². The van der Waals surface area contributed by atoms with Crippen LogP contribution in [0.2, 0.25) is 0 Å². The molecular weight excluding hydrogens is 685 g/mol. The summed E-state index contributed by atoms with van der Waals surface area (Å²) in [7, 11) is 0. The van der Waals surface area contributed by atoms with E-state index in [-0.39, 0.29) is 6.17 Å².